The van der Waals surface area contributed by atoms with Gasteiger partial charge >= 0.3 is 0 Å². The number of methoxy groups -OCH3 is 1. The van der Waals surface area contributed by atoms with Gasteiger partial charge in [-0.15, -0.1) is 0 Å². The number of halogens is 1. The highest BCUT2D eigenvalue weighted by Gasteiger charge is 2.10. The molecule has 0 bridgehead atoms. The second-order valence-electron chi connectivity index (χ2n) is 4.36. The summed E-state index contributed by atoms with van der Waals surface area (Å²) in [5.41, 5.74) is 2.65. The van der Waals surface area contributed by atoms with Gasteiger partial charge in [-0.3, -0.25) is 4.68 Å². The van der Waals surface area contributed by atoms with Gasteiger partial charge < -0.3 is 10.1 Å². The maximum absolute atomic E-state index is 13.3. The van der Waals surface area contributed by atoms with Gasteiger partial charge in [-0.2, -0.15) is 5.10 Å². The molecule has 1 aromatic carbocycles. The molecule has 0 fully saturated rings. The minimum Gasteiger partial charge on any atom is -0.383 e. The lowest BCUT2D eigenvalue weighted by molar-refractivity contribution is 0.199. The average molecular weight is 263 g/mol. The van der Waals surface area contributed by atoms with Crippen molar-refractivity contribution in [1.29, 1.82) is 0 Å². The van der Waals surface area contributed by atoms with Crippen molar-refractivity contribution in [3.63, 3.8) is 0 Å². The van der Waals surface area contributed by atoms with E-state index < -0.39 is 0 Å². The zero-order valence-corrected chi connectivity index (χ0v) is 11.2. The second kappa shape index (κ2) is 6.45. The van der Waals surface area contributed by atoms with Crippen LogP contribution in [0.25, 0.3) is 11.3 Å². The van der Waals surface area contributed by atoms with Crippen molar-refractivity contribution in [3.8, 4) is 11.3 Å². The van der Waals surface area contributed by atoms with E-state index >= 15 is 0 Å². The number of aromatic nitrogens is 2. The van der Waals surface area contributed by atoms with Gasteiger partial charge in [0.15, 0.2) is 0 Å². The number of rotatable bonds is 6. The third-order valence-corrected chi connectivity index (χ3v) is 2.80. The molecule has 0 saturated carbocycles. The summed E-state index contributed by atoms with van der Waals surface area (Å²) >= 11 is 0. The molecule has 102 valence electrons. The summed E-state index contributed by atoms with van der Waals surface area (Å²) in [6.45, 7) is 2.12. The summed E-state index contributed by atoms with van der Waals surface area (Å²) in [6.07, 6.45) is 1.94. The fourth-order valence-electron chi connectivity index (χ4n) is 1.94. The quantitative estimate of drug-likeness (QED) is 0.810. The Balaban J connectivity index is 2.16. The Hall–Kier alpha value is -1.72. The number of nitrogens with zero attached hydrogens (tertiary/aromatic N) is 2. The van der Waals surface area contributed by atoms with Crippen molar-refractivity contribution in [2.24, 2.45) is 7.05 Å². The zero-order chi connectivity index (χ0) is 13.7. The van der Waals surface area contributed by atoms with Crippen molar-refractivity contribution < 1.29 is 9.13 Å². The lowest BCUT2D eigenvalue weighted by Crippen LogP contribution is -2.18. The Morgan fingerprint density at radius 1 is 1.42 bits per heavy atom. The lowest BCUT2D eigenvalue weighted by atomic mass is 10.1. The molecule has 0 aliphatic rings. The molecular weight excluding hydrogens is 245 g/mol. The fraction of sp³-hybridized carbons (Fsp3) is 0.357. The normalized spacial score (nSPS) is 10.9. The first-order valence-electron chi connectivity index (χ1n) is 6.19. The minimum atomic E-state index is -0.249. The third kappa shape index (κ3) is 3.62. The molecule has 0 atom stereocenters. The highest BCUT2D eigenvalue weighted by molar-refractivity contribution is 5.62. The SMILES string of the molecule is COCCNCc1cn(C)nc1-c1cccc(F)c1. The van der Waals surface area contributed by atoms with Crippen LogP contribution in [0, 0.1) is 5.82 Å². The molecule has 0 aliphatic carbocycles. The van der Waals surface area contributed by atoms with Crippen LogP contribution in [-0.4, -0.2) is 30.0 Å². The molecule has 0 saturated heterocycles. The van der Waals surface area contributed by atoms with Gasteiger partial charge in [0.05, 0.1) is 12.3 Å². The summed E-state index contributed by atoms with van der Waals surface area (Å²) in [6, 6.07) is 6.50. The van der Waals surface area contributed by atoms with Gasteiger partial charge in [0, 0.05) is 44.6 Å². The number of benzene rings is 1. The van der Waals surface area contributed by atoms with Crippen LogP contribution < -0.4 is 5.32 Å². The van der Waals surface area contributed by atoms with Gasteiger partial charge in [0.1, 0.15) is 5.82 Å². The minimum absolute atomic E-state index is 0.249. The van der Waals surface area contributed by atoms with Crippen molar-refractivity contribution in [3.05, 3.63) is 41.8 Å². The van der Waals surface area contributed by atoms with E-state index in [0.717, 1.165) is 23.4 Å². The van der Waals surface area contributed by atoms with Gasteiger partial charge in [0.2, 0.25) is 0 Å². The first-order chi connectivity index (χ1) is 9.20. The molecule has 1 N–H and O–H groups in total. The molecule has 0 aliphatic heterocycles. The van der Waals surface area contributed by atoms with Crippen molar-refractivity contribution in [2.75, 3.05) is 20.3 Å². The summed E-state index contributed by atoms with van der Waals surface area (Å²) in [4.78, 5) is 0. The summed E-state index contributed by atoms with van der Waals surface area (Å²) in [5, 5.41) is 7.67. The lowest BCUT2D eigenvalue weighted by Gasteiger charge is -2.04. The molecule has 1 aromatic heterocycles. The van der Waals surface area contributed by atoms with Gasteiger partial charge in [-0.1, -0.05) is 12.1 Å². The van der Waals surface area contributed by atoms with Crippen molar-refractivity contribution >= 4 is 0 Å². The van der Waals surface area contributed by atoms with E-state index in [-0.39, 0.29) is 5.82 Å². The number of nitrogens with one attached hydrogen (secondary N) is 1. The van der Waals surface area contributed by atoms with Crippen LogP contribution >= 0.6 is 0 Å². The molecule has 0 radical (unpaired) electrons. The zero-order valence-electron chi connectivity index (χ0n) is 11.2. The second-order valence-corrected chi connectivity index (χ2v) is 4.36. The van der Waals surface area contributed by atoms with E-state index in [1.54, 1.807) is 17.9 Å². The number of ether oxygens (including phenoxy) is 1. The first-order valence-corrected chi connectivity index (χ1v) is 6.19. The smallest absolute Gasteiger partial charge is 0.123 e. The Labute approximate surface area is 112 Å². The van der Waals surface area contributed by atoms with Crippen LogP contribution in [0.3, 0.4) is 0 Å². The largest absolute Gasteiger partial charge is 0.383 e. The molecule has 19 heavy (non-hydrogen) atoms. The molecule has 0 unspecified atom stereocenters. The highest BCUT2D eigenvalue weighted by atomic mass is 19.1. The summed E-state index contributed by atoms with van der Waals surface area (Å²) in [7, 11) is 3.53. The average Bonchev–Trinajstić information content (AvgIpc) is 2.76. The number of aryl methyl sites for hydroxylation is 1. The van der Waals surface area contributed by atoms with Gasteiger partial charge in [0.25, 0.3) is 0 Å². The van der Waals surface area contributed by atoms with Gasteiger partial charge in [-0.25, -0.2) is 4.39 Å². The van der Waals surface area contributed by atoms with Crippen LogP contribution in [0.5, 0.6) is 0 Å². The van der Waals surface area contributed by atoms with E-state index in [1.807, 2.05) is 19.3 Å². The Kier molecular flexibility index (Phi) is 4.65. The molecule has 4 nitrogen and oxygen atoms in total. The molecule has 2 rings (SSSR count). The van der Waals surface area contributed by atoms with E-state index in [0.29, 0.717) is 13.2 Å². The van der Waals surface area contributed by atoms with E-state index in [2.05, 4.69) is 10.4 Å². The predicted octanol–water partition coefficient (Wildman–Crippen LogP) is 1.96. The number of hydrogen-bond acceptors (Lipinski definition) is 3. The monoisotopic (exact) mass is 263 g/mol. The van der Waals surface area contributed by atoms with Crippen LogP contribution in [0.1, 0.15) is 5.56 Å². The molecule has 0 amide bonds. The van der Waals surface area contributed by atoms with Crippen LogP contribution in [0.15, 0.2) is 30.5 Å². The van der Waals surface area contributed by atoms with Crippen molar-refractivity contribution in [1.82, 2.24) is 15.1 Å². The molecule has 0 spiro atoms. The summed E-state index contributed by atoms with van der Waals surface area (Å²) < 4.78 is 20.0. The number of hydrogen-bond donors (Lipinski definition) is 1. The molecule has 1 heterocycles. The van der Waals surface area contributed by atoms with Crippen molar-refractivity contribution in [2.45, 2.75) is 6.54 Å². The standard InChI is InChI=1S/C14H18FN3O/c1-18-10-12(9-16-6-7-19-2)14(17-18)11-4-3-5-13(15)8-11/h3-5,8,10,16H,6-7,9H2,1-2H3. The Morgan fingerprint density at radius 2 is 2.26 bits per heavy atom. The first kappa shape index (κ1) is 13.7. The summed E-state index contributed by atoms with van der Waals surface area (Å²) in [5.74, 6) is -0.249. The highest BCUT2D eigenvalue weighted by Crippen LogP contribution is 2.22. The maximum atomic E-state index is 13.3. The fourth-order valence-corrected chi connectivity index (χ4v) is 1.94. The third-order valence-electron chi connectivity index (χ3n) is 2.80. The van der Waals surface area contributed by atoms with Crippen LogP contribution in [-0.2, 0) is 18.3 Å². The predicted molar refractivity (Wildman–Crippen MR) is 72.2 cm³/mol. The van der Waals surface area contributed by atoms with E-state index in [4.69, 9.17) is 4.74 Å². The van der Waals surface area contributed by atoms with Crippen LogP contribution in [0.4, 0.5) is 4.39 Å². The Bertz CT molecular complexity index is 539. The van der Waals surface area contributed by atoms with Crippen LogP contribution in [0.2, 0.25) is 0 Å². The maximum Gasteiger partial charge on any atom is 0.123 e. The van der Waals surface area contributed by atoms with E-state index in [1.165, 1.54) is 12.1 Å². The van der Waals surface area contributed by atoms with Gasteiger partial charge in [-0.05, 0) is 12.1 Å². The topological polar surface area (TPSA) is 39.1 Å². The Morgan fingerprint density at radius 3 is 3.00 bits per heavy atom. The molecular formula is C14H18FN3O. The van der Waals surface area contributed by atoms with E-state index in [9.17, 15) is 4.39 Å². The molecule has 2 aromatic rings. The molecule has 5 heteroatoms.